The first-order valence-electron chi connectivity index (χ1n) is 6.42. The second-order valence-corrected chi connectivity index (χ2v) is 4.94. The minimum absolute atomic E-state index is 0.409. The summed E-state index contributed by atoms with van der Waals surface area (Å²) >= 11 is 6.31. The number of rotatable bonds is 1. The summed E-state index contributed by atoms with van der Waals surface area (Å²) in [5.74, 6) is 0.641. The molecule has 1 aliphatic rings. The molecule has 2 heterocycles. The number of para-hydroxylation sites is 1. The van der Waals surface area contributed by atoms with Crippen LogP contribution in [0.5, 0.6) is 0 Å². The standard InChI is InChI=1S/C15H13ClN4/c16-14-11(9-17)5-6-19-15(14)20-8-7-18-10-12-3-1-2-4-13(12)20/h1-6,18H,7-8,10H2. The van der Waals surface area contributed by atoms with Gasteiger partial charge in [-0.1, -0.05) is 29.8 Å². The van der Waals surface area contributed by atoms with E-state index in [1.807, 2.05) is 12.1 Å². The number of nitrogens with zero attached hydrogens (tertiary/aromatic N) is 3. The molecule has 0 amide bonds. The fraction of sp³-hybridized carbons (Fsp3) is 0.200. The van der Waals surface area contributed by atoms with Crippen LogP contribution in [0.4, 0.5) is 11.5 Å². The van der Waals surface area contributed by atoms with Crippen molar-refractivity contribution in [2.75, 3.05) is 18.0 Å². The first-order valence-corrected chi connectivity index (χ1v) is 6.80. The molecule has 0 aliphatic carbocycles. The lowest BCUT2D eigenvalue weighted by molar-refractivity contribution is 0.711. The van der Waals surface area contributed by atoms with Crippen LogP contribution in [0.2, 0.25) is 5.02 Å². The van der Waals surface area contributed by atoms with Crippen molar-refractivity contribution in [2.24, 2.45) is 0 Å². The minimum atomic E-state index is 0.409. The van der Waals surface area contributed by atoms with Gasteiger partial charge in [0, 0.05) is 31.5 Å². The van der Waals surface area contributed by atoms with E-state index in [-0.39, 0.29) is 0 Å². The molecule has 5 heteroatoms. The summed E-state index contributed by atoms with van der Waals surface area (Å²) in [4.78, 5) is 6.43. The van der Waals surface area contributed by atoms with Crippen LogP contribution in [-0.2, 0) is 6.54 Å². The normalized spacial score (nSPS) is 14.3. The van der Waals surface area contributed by atoms with Gasteiger partial charge >= 0.3 is 0 Å². The molecule has 100 valence electrons. The Balaban J connectivity index is 2.13. The third kappa shape index (κ3) is 2.22. The molecular weight excluding hydrogens is 272 g/mol. The molecule has 0 radical (unpaired) electrons. The summed E-state index contributed by atoms with van der Waals surface area (Å²) in [6, 6.07) is 11.9. The molecule has 20 heavy (non-hydrogen) atoms. The molecule has 1 aliphatic heterocycles. The number of fused-ring (bicyclic) bond motifs is 1. The zero-order chi connectivity index (χ0) is 13.9. The SMILES string of the molecule is N#Cc1ccnc(N2CCNCc3ccccc32)c1Cl. The quantitative estimate of drug-likeness (QED) is 0.875. The van der Waals surface area contributed by atoms with E-state index in [1.54, 1.807) is 12.3 Å². The van der Waals surface area contributed by atoms with Crippen LogP contribution in [0, 0.1) is 11.3 Å². The van der Waals surface area contributed by atoms with Gasteiger partial charge in [0.2, 0.25) is 0 Å². The van der Waals surface area contributed by atoms with E-state index < -0.39 is 0 Å². The zero-order valence-corrected chi connectivity index (χ0v) is 11.6. The van der Waals surface area contributed by atoms with Gasteiger partial charge in [-0.05, 0) is 17.7 Å². The fourth-order valence-electron chi connectivity index (χ4n) is 2.39. The number of hydrogen-bond acceptors (Lipinski definition) is 4. The van der Waals surface area contributed by atoms with Crippen molar-refractivity contribution in [3.8, 4) is 6.07 Å². The molecule has 1 aromatic heterocycles. The van der Waals surface area contributed by atoms with Crippen LogP contribution in [0.1, 0.15) is 11.1 Å². The fourth-order valence-corrected chi connectivity index (χ4v) is 2.64. The monoisotopic (exact) mass is 284 g/mol. The van der Waals surface area contributed by atoms with Crippen molar-refractivity contribution in [1.29, 1.82) is 5.26 Å². The Morgan fingerprint density at radius 2 is 2.15 bits per heavy atom. The Morgan fingerprint density at radius 1 is 1.30 bits per heavy atom. The maximum absolute atomic E-state index is 9.10. The van der Waals surface area contributed by atoms with E-state index in [0.717, 1.165) is 25.3 Å². The molecule has 0 saturated carbocycles. The van der Waals surface area contributed by atoms with Crippen molar-refractivity contribution in [2.45, 2.75) is 6.54 Å². The van der Waals surface area contributed by atoms with Gasteiger partial charge in [0.25, 0.3) is 0 Å². The Morgan fingerprint density at radius 3 is 3.00 bits per heavy atom. The minimum Gasteiger partial charge on any atom is -0.324 e. The highest BCUT2D eigenvalue weighted by atomic mass is 35.5. The van der Waals surface area contributed by atoms with Crippen LogP contribution in [0.25, 0.3) is 0 Å². The van der Waals surface area contributed by atoms with Crippen LogP contribution < -0.4 is 10.2 Å². The largest absolute Gasteiger partial charge is 0.324 e. The van der Waals surface area contributed by atoms with Gasteiger partial charge in [0.05, 0.1) is 5.56 Å². The van der Waals surface area contributed by atoms with E-state index in [9.17, 15) is 0 Å². The summed E-state index contributed by atoms with van der Waals surface area (Å²) in [6.07, 6.45) is 1.63. The molecule has 0 spiro atoms. The number of nitrogens with one attached hydrogen (secondary N) is 1. The third-order valence-electron chi connectivity index (χ3n) is 3.36. The molecule has 2 aromatic rings. The van der Waals surface area contributed by atoms with Gasteiger partial charge in [0.1, 0.15) is 11.1 Å². The number of hydrogen-bond donors (Lipinski definition) is 1. The summed E-state index contributed by atoms with van der Waals surface area (Å²) in [5, 5.41) is 12.9. The number of benzene rings is 1. The summed E-state index contributed by atoms with van der Waals surface area (Å²) in [6.45, 7) is 2.42. The highest BCUT2D eigenvalue weighted by Gasteiger charge is 2.20. The Bertz CT molecular complexity index is 678. The topological polar surface area (TPSA) is 52.0 Å². The van der Waals surface area contributed by atoms with Crippen molar-refractivity contribution in [3.05, 3.63) is 52.7 Å². The highest BCUT2D eigenvalue weighted by molar-refractivity contribution is 6.34. The third-order valence-corrected chi connectivity index (χ3v) is 3.73. The van der Waals surface area contributed by atoms with Gasteiger partial charge in [-0.25, -0.2) is 4.98 Å². The van der Waals surface area contributed by atoms with Crippen molar-refractivity contribution < 1.29 is 0 Å². The summed E-state index contributed by atoms with van der Waals surface area (Å²) in [5.41, 5.74) is 2.73. The van der Waals surface area contributed by atoms with Gasteiger partial charge in [-0.15, -0.1) is 0 Å². The highest BCUT2D eigenvalue weighted by Crippen LogP contribution is 2.34. The number of pyridine rings is 1. The molecule has 1 N–H and O–H groups in total. The molecule has 4 nitrogen and oxygen atoms in total. The van der Waals surface area contributed by atoms with Crippen LogP contribution in [-0.4, -0.2) is 18.1 Å². The molecule has 0 bridgehead atoms. The molecule has 0 unspecified atom stereocenters. The Kier molecular flexibility index (Phi) is 3.55. The Labute approximate surface area is 122 Å². The zero-order valence-electron chi connectivity index (χ0n) is 10.8. The molecule has 0 saturated heterocycles. The second-order valence-electron chi connectivity index (χ2n) is 4.57. The Hall–Kier alpha value is -2.09. The average molecular weight is 285 g/mol. The predicted molar refractivity (Wildman–Crippen MR) is 79.1 cm³/mol. The smallest absolute Gasteiger partial charge is 0.153 e. The first kappa shape index (κ1) is 12.9. The van der Waals surface area contributed by atoms with Crippen molar-refractivity contribution >= 4 is 23.1 Å². The van der Waals surface area contributed by atoms with Gasteiger partial charge < -0.3 is 10.2 Å². The van der Waals surface area contributed by atoms with E-state index in [1.165, 1.54) is 5.56 Å². The predicted octanol–water partition coefficient (Wildman–Crippen LogP) is 2.85. The van der Waals surface area contributed by atoms with Crippen LogP contribution in [0.3, 0.4) is 0 Å². The van der Waals surface area contributed by atoms with Gasteiger partial charge in [-0.2, -0.15) is 5.26 Å². The maximum atomic E-state index is 9.10. The average Bonchev–Trinajstić information content (AvgIpc) is 2.70. The lowest BCUT2D eigenvalue weighted by Gasteiger charge is -2.24. The van der Waals surface area contributed by atoms with Crippen LogP contribution >= 0.6 is 11.6 Å². The molecule has 0 atom stereocenters. The summed E-state index contributed by atoms with van der Waals surface area (Å²) < 4.78 is 0. The lowest BCUT2D eigenvalue weighted by atomic mass is 10.1. The second kappa shape index (κ2) is 5.49. The van der Waals surface area contributed by atoms with E-state index in [4.69, 9.17) is 16.9 Å². The molecular formula is C15H13ClN4. The molecule has 3 rings (SSSR count). The number of anilines is 2. The van der Waals surface area contributed by atoms with E-state index in [2.05, 4.69) is 33.4 Å². The van der Waals surface area contributed by atoms with E-state index in [0.29, 0.717) is 16.4 Å². The number of nitriles is 1. The van der Waals surface area contributed by atoms with Gasteiger partial charge in [0.15, 0.2) is 5.82 Å². The number of halogens is 1. The molecule has 0 fully saturated rings. The maximum Gasteiger partial charge on any atom is 0.153 e. The first-order chi connectivity index (χ1) is 9.81. The molecule has 1 aromatic carbocycles. The summed E-state index contributed by atoms with van der Waals surface area (Å²) in [7, 11) is 0. The number of aromatic nitrogens is 1. The van der Waals surface area contributed by atoms with Crippen LogP contribution in [0.15, 0.2) is 36.5 Å². The van der Waals surface area contributed by atoms with Gasteiger partial charge in [-0.3, -0.25) is 0 Å². The van der Waals surface area contributed by atoms with Crippen molar-refractivity contribution in [3.63, 3.8) is 0 Å². The lowest BCUT2D eigenvalue weighted by Crippen LogP contribution is -2.25. The van der Waals surface area contributed by atoms with E-state index >= 15 is 0 Å². The van der Waals surface area contributed by atoms with Crippen molar-refractivity contribution in [1.82, 2.24) is 10.3 Å².